The van der Waals surface area contributed by atoms with Crippen molar-refractivity contribution in [2.24, 2.45) is 7.05 Å². The third-order valence-corrected chi connectivity index (χ3v) is 7.13. The Morgan fingerprint density at radius 3 is 2.37 bits per heavy atom. The van der Waals surface area contributed by atoms with Gasteiger partial charge in [0.25, 0.3) is 5.91 Å². The van der Waals surface area contributed by atoms with E-state index < -0.39 is 15.9 Å². The number of hydrogen-bond donors (Lipinski definition) is 2. The number of nitrogens with one attached hydrogen (secondary N) is 2. The minimum atomic E-state index is -3.60. The molecule has 0 unspecified atom stereocenters. The zero-order chi connectivity index (χ0) is 30.3. The number of ether oxygens (including phenoxy) is 1. The van der Waals surface area contributed by atoms with E-state index in [0.717, 1.165) is 29.0 Å². The van der Waals surface area contributed by atoms with Gasteiger partial charge in [-0.15, -0.1) is 5.10 Å². The fraction of sp³-hybridized carbons (Fsp3) is 0.357. The van der Waals surface area contributed by atoms with Crippen molar-refractivity contribution in [3.63, 3.8) is 0 Å². The molecular weight excluding hydrogens is 544 g/mol. The van der Waals surface area contributed by atoms with Gasteiger partial charge in [-0.25, -0.2) is 18.1 Å². The quantitative estimate of drug-likeness (QED) is 0.320. The summed E-state index contributed by atoms with van der Waals surface area (Å²) in [4.78, 5) is 19.9. The molecule has 2 aromatic heterocycles. The van der Waals surface area contributed by atoms with Crippen molar-refractivity contribution in [1.82, 2.24) is 24.5 Å². The highest BCUT2D eigenvalue weighted by Gasteiger charge is 2.23. The van der Waals surface area contributed by atoms with Gasteiger partial charge in [0.05, 0.1) is 48.5 Å². The average Bonchev–Trinajstić information content (AvgIpc) is 3.49. The van der Waals surface area contributed by atoms with Crippen LogP contribution >= 0.6 is 0 Å². The molecule has 4 rings (SSSR count). The van der Waals surface area contributed by atoms with Gasteiger partial charge in [-0.1, -0.05) is 32.1 Å². The molecule has 0 saturated carbocycles. The van der Waals surface area contributed by atoms with E-state index in [9.17, 15) is 13.2 Å². The molecule has 0 fully saturated rings. The van der Waals surface area contributed by atoms with Gasteiger partial charge in [0.15, 0.2) is 5.75 Å². The maximum absolute atomic E-state index is 13.5. The maximum Gasteiger partial charge on any atom is 0.255 e. The van der Waals surface area contributed by atoms with Crippen LogP contribution in [0.25, 0.3) is 17.1 Å². The molecule has 0 aliphatic rings. The first-order valence-electron chi connectivity index (χ1n) is 12.8. The summed E-state index contributed by atoms with van der Waals surface area (Å²) in [6.07, 6.45) is 4.60. The molecule has 0 radical (unpaired) electrons. The topological polar surface area (TPSA) is 136 Å². The summed E-state index contributed by atoms with van der Waals surface area (Å²) in [7, 11) is 3.57. The Kier molecular flexibility index (Phi) is 7.85. The molecule has 13 heteroatoms. The van der Waals surface area contributed by atoms with E-state index in [-0.39, 0.29) is 16.9 Å². The Balaban J connectivity index is 1.70. The first kappa shape index (κ1) is 29.6. The van der Waals surface area contributed by atoms with Crippen LogP contribution in [-0.2, 0) is 22.5 Å². The molecule has 1 amide bonds. The van der Waals surface area contributed by atoms with Gasteiger partial charge >= 0.3 is 0 Å². The molecule has 2 heterocycles. The summed E-state index contributed by atoms with van der Waals surface area (Å²) in [5.41, 5.74) is 4.45. The van der Waals surface area contributed by atoms with Crippen LogP contribution in [0.2, 0.25) is 0 Å². The number of imidazole rings is 1. The number of nitrogens with zero attached hydrogens (tertiary/aromatic N) is 6. The lowest BCUT2D eigenvalue weighted by Crippen LogP contribution is -2.18. The van der Waals surface area contributed by atoms with Crippen molar-refractivity contribution in [3.8, 4) is 22.8 Å². The number of aryl methyl sites for hydroxylation is 1. The number of anilines is 3. The van der Waals surface area contributed by atoms with E-state index in [0.29, 0.717) is 22.6 Å². The molecule has 12 nitrogen and oxygen atoms in total. The Morgan fingerprint density at radius 1 is 1.10 bits per heavy atom. The van der Waals surface area contributed by atoms with Gasteiger partial charge in [0.1, 0.15) is 5.69 Å². The molecular formula is C28H36N8O4S. The van der Waals surface area contributed by atoms with Crippen LogP contribution in [0, 0.1) is 6.92 Å². The third kappa shape index (κ3) is 6.35. The lowest BCUT2D eigenvalue weighted by atomic mass is 9.86. The van der Waals surface area contributed by atoms with Crippen LogP contribution < -0.4 is 19.7 Å². The Labute approximate surface area is 240 Å². The van der Waals surface area contributed by atoms with E-state index >= 15 is 0 Å². The van der Waals surface area contributed by atoms with Crippen LogP contribution in [-0.4, -0.2) is 66.3 Å². The number of rotatable bonds is 8. The van der Waals surface area contributed by atoms with Gasteiger partial charge in [-0.3, -0.25) is 9.52 Å². The molecule has 0 atom stereocenters. The zero-order valence-corrected chi connectivity index (χ0v) is 25.6. The number of hydrogen-bond acceptors (Lipinski definition) is 8. The number of methoxy groups -OCH3 is 1. The molecule has 0 bridgehead atoms. The highest BCUT2D eigenvalue weighted by molar-refractivity contribution is 7.92. The summed E-state index contributed by atoms with van der Waals surface area (Å²) in [5.74, 6) is 0.590. The largest absolute Gasteiger partial charge is 0.492 e. The second kappa shape index (κ2) is 10.9. The Morgan fingerprint density at radius 2 is 1.78 bits per heavy atom. The van der Waals surface area contributed by atoms with Gasteiger partial charge in [0.2, 0.25) is 16.0 Å². The number of carbonyl (C=O) groups excluding carboxylic acids is 1. The molecule has 0 spiro atoms. The maximum atomic E-state index is 13.5. The van der Waals surface area contributed by atoms with Crippen molar-refractivity contribution < 1.29 is 17.9 Å². The fourth-order valence-electron chi connectivity index (χ4n) is 4.39. The zero-order valence-electron chi connectivity index (χ0n) is 24.8. The van der Waals surface area contributed by atoms with Crippen molar-refractivity contribution >= 4 is 33.3 Å². The second-order valence-electron chi connectivity index (χ2n) is 11.1. The van der Waals surface area contributed by atoms with Crippen molar-refractivity contribution in [3.05, 3.63) is 59.4 Å². The first-order valence-corrected chi connectivity index (χ1v) is 14.7. The summed E-state index contributed by atoms with van der Waals surface area (Å²) in [5, 5.41) is 11.6. The number of benzene rings is 2. The lowest BCUT2D eigenvalue weighted by Gasteiger charge is -2.24. The highest BCUT2D eigenvalue weighted by Crippen LogP contribution is 2.39. The monoisotopic (exact) mass is 580 g/mol. The predicted octanol–water partition coefficient (Wildman–Crippen LogP) is 3.97. The van der Waals surface area contributed by atoms with E-state index in [4.69, 9.17) is 4.74 Å². The Bertz CT molecular complexity index is 1720. The lowest BCUT2D eigenvalue weighted by molar-refractivity contribution is 0.102. The summed E-state index contributed by atoms with van der Waals surface area (Å²) in [6.45, 7) is 7.91. The Hall–Kier alpha value is -4.39. The number of amides is 1. The SMILES string of the molecule is COc1c(NC(=O)c2ccc(C)c(-n3cc(-c4cnc(N(C)C)n4C)nn3)c2)cc(C(C)(C)C)cc1NS(C)(=O)=O. The number of carbonyl (C=O) groups is 1. The van der Waals surface area contributed by atoms with Gasteiger partial charge in [0, 0.05) is 26.7 Å². The van der Waals surface area contributed by atoms with Crippen LogP contribution in [0.4, 0.5) is 17.3 Å². The highest BCUT2D eigenvalue weighted by atomic mass is 32.2. The molecule has 41 heavy (non-hydrogen) atoms. The van der Waals surface area contributed by atoms with E-state index in [2.05, 4.69) is 25.3 Å². The van der Waals surface area contributed by atoms with Crippen LogP contribution in [0.5, 0.6) is 5.75 Å². The fourth-order valence-corrected chi connectivity index (χ4v) is 4.95. The van der Waals surface area contributed by atoms with Gasteiger partial charge in [-0.2, -0.15) is 0 Å². The van der Waals surface area contributed by atoms with Crippen molar-refractivity contribution in [1.29, 1.82) is 0 Å². The standard InChI is InChI=1S/C28H36N8O4S/c1-17-10-11-18(12-23(17)36-16-22(31-33-36)24-15-29-27(34(5)6)35(24)7)26(37)30-20-13-19(28(2,3)4)14-21(25(20)40-8)32-41(9,38)39/h10-16,32H,1-9H3,(H,30,37). The first-order chi connectivity index (χ1) is 19.1. The number of sulfonamides is 1. The number of aromatic nitrogens is 5. The molecule has 2 aromatic carbocycles. The second-order valence-corrected chi connectivity index (χ2v) is 12.9. The van der Waals surface area contributed by atoms with Crippen LogP contribution in [0.3, 0.4) is 0 Å². The van der Waals surface area contributed by atoms with Crippen molar-refractivity contribution in [2.45, 2.75) is 33.1 Å². The van der Waals surface area contributed by atoms with Crippen LogP contribution in [0.1, 0.15) is 42.3 Å². The molecule has 0 aliphatic carbocycles. The van der Waals surface area contributed by atoms with Crippen molar-refractivity contribution in [2.75, 3.05) is 42.4 Å². The minimum absolute atomic E-state index is 0.207. The normalized spacial score (nSPS) is 11.8. The summed E-state index contributed by atoms with van der Waals surface area (Å²) < 4.78 is 35.7. The van der Waals surface area contributed by atoms with Gasteiger partial charge in [-0.05, 0) is 47.7 Å². The summed E-state index contributed by atoms with van der Waals surface area (Å²) >= 11 is 0. The van der Waals surface area contributed by atoms with Crippen LogP contribution in [0.15, 0.2) is 42.7 Å². The molecule has 2 N–H and O–H groups in total. The predicted molar refractivity (Wildman–Crippen MR) is 161 cm³/mol. The molecule has 218 valence electrons. The minimum Gasteiger partial charge on any atom is -0.492 e. The smallest absolute Gasteiger partial charge is 0.255 e. The van der Waals surface area contributed by atoms with Gasteiger partial charge < -0.3 is 19.5 Å². The van der Waals surface area contributed by atoms with E-state index in [1.807, 2.05) is 64.4 Å². The van der Waals surface area contributed by atoms with E-state index in [1.165, 1.54) is 7.11 Å². The molecule has 4 aromatic rings. The molecule has 0 aliphatic heterocycles. The molecule has 0 saturated heterocycles. The summed E-state index contributed by atoms with van der Waals surface area (Å²) in [6, 6.07) is 8.78. The average molecular weight is 581 g/mol. The van der Waals surface area contributed by atoms with E-state index in [1.54, 1.807) is 41.3 Å². The third-order valence-electron chi connectivity index (χ3n) is 6.54.